The molecule has 0 aromatic heterocycles. The molecule has 0 aliphatic rings. The first-order valence-corrected chi connectivity index (χ1v) is 21.5. The van der Waals surface area contributed by atoms with Gasteiger partial charge in [-0.2, -0.15) is 0 Å². The van der Waals surface area contributed by atoms with Crippen LogP contribution in [0.1, 0.15) is 200 Å². The minimum atomic E-state index is 0. The molecule has 4 nitrogen and oxygen atoms in total. The van der Waals surface area contributed by atoms with E-state index in [4.69, 9.17) is 14.6 Å². The Labute approximate surface area is 319 Å². The van der Waals surface area contributed by atoms with Crippen molar-refractivity contribution >= 4 is 0 Å². The average molecular weight is 759 g/mol. The van der Waals surface area contributed by atoms with E-state index in [1.54, 1.807) is 0 Å². The molecule has 0 saturated heterocycles. The number of unbranched alkanes of at least 4 members (excludes halogenated alkanes) is 24. The van der Waals surface area contributed by atoms with Crippen LogP contribution in [0.25, 0.3) is 0 Å². The first-order chi connectivity index (χ1) is 23.6. The third-order valence-electron chi connectivity index (χ3n) is 9.73. The lowest BCUT2D eigenvalue weighted by atomic mass is 10.1. The van der Waals surface area contributed by atoms with E-state index < -0.39 is 0 Å². The van der Waals surface area contributed by atoms with Crippen LogP contribution in [0, 0.1) is 0 Å². The number of allylic oxidation sites excluding steroid dienone is 4. The number of hydrogen-bond acceptors (Lipinski definition) is 3. The summed E-state index contributed by atoms with van der Waals surface area (Å²) < 4.78 is 13.6. The number of aliphatic hydroxyl groups is 1. The monoisotopic (exact) mass is 758 g/mol. The summed E-state index contributed by atoms with van der Waals surface area (Å²) in [7, 11) is 4.64. The number of halogens is 1. The molecule has 0 spiro atoms. The zero-order valence-electron chi connectivity index (χ0n) is 33.7. The number of likely N-dealkylation sites (N-methyl/N-ethyl adjacent to an activating group) is 1. The second-order valence-corrected chi connectivity index (χ2v) is 15.4. The van der Waals surface area contributed by atoms with Crippen molar-refractivity contribution in [2.75, 3.05) is 53.6 Å². The lowest BCUT2D eigenvalue weighted by Gasteiger charge is -2.33. The summed E-state index contributed by atoms with van der Waals surface area (Å²) in [5.41, 5.74) is 0. The van der Waals surface area contributed by atoms with Gasteiger partial charge in [0.1, 0.15) is 12.6 Å². The molecule has 5 heteroatoms. The predicted molar refractivity (Wildman–Crippen MR) is 213 cm³/mol. The fourth-order valence-electron chi connectivity index (χ4n) is 6.54. The van der Waals surface area contributed by atoms with Crippen molar-refractivity contribution in [1.82, 2.24) is 0 Å². The van der Waals surface area contributed by atoms with E-state index >= 15 is 0 Å². The van der Waals surface area contributed by atoms with Gasteiger partial charge in [-0.3, -0.25) is 0 Å². The van der Waals surface area contributed by atoms with E-state index in [0.717, 1.165) is 63.1 Å². The highest BCUT2D eigenvalue weighted by atomic mass is 79.9. The maximum Gasteiger partial charge on any atom is 0.130 e. The van der Waals surface area contributed by atoms with Gasteiger partial charge in [0.15, 0.2) is 0 Å². The van der Waals surface area contributed by atoms with Crippen LogP contribution >= 0.6 is 0 Å². The minimum Gasteiger partial charge on any atom is -1.00 e. The molecule has 294 valence electrons. The van der Waals surface area contributed by atoms with Gasteiger partial charge in [0, 0.05) is 19.8 Å². The molecular formula is C44H88BrNO3. The molecule has 0 radical (unpaired) electrons. The first kappa shape index (κ1) is 50.9. The van der Waals surface area contributed by atoms with Gasteiger partial charge < -0.3 is 36.0 Å². The highest BCUT2D eigenvalue weighted by Gasteiger charge is 2.22. The largest absolute Gasteiger partial charge is 1.00 e. The van der Waals surface area contributed by atoms with E-state index in [1.165, 1.54) is 161 Å². The maximum atomic E-state index is 9.14. The Balaban J connectivity index is 0. The summed E-state index contributed by atoms with van der Waals surface area (Å²) in [6, 6.07) is 0. The van der Waals surface area contributed by atoms with Crippen LogP contribution in [0.15, 0.2) is 24.3 Å². The Kier molecular flexibility index (Phi) is 43.9. The second-order valence-electron chi connectivity index (χ2n) is 15.4. The van der Waals surface area contributed by atoms with Crippen molar-refractivity contribution in [1.29, 1.82) is 0 Å². The minimum absolute atomic E-state index is 0. The number of hydrogen-bond donors (Lipinski definition) is 1. The third-order valence-corrected chi connectivity index (χ3v) is 9.73. The van der Waals surface area contributed by atoms with E-state index in [2.05, 4.69) is 52.2 Å². The Morgan fingerprint density at radius 3 is 1.33 bits per heavy atom. The van der Waals surface area contributed by atoms with Crippen molar-refractivity contribution in [3.63, 3.8) is 0 Å². The fourth-order valence-corrected chi connectivity index (χ4v) is 6.54. The Morgan fingerprint density at radius 2 is 0.878 bits per heavy atom. The smallest absolute Gasteiger partial charge is 0.130 e. The highest BCUT2D eigenvalue weighted by molar-refractivity contribution is 4.82. The molecule has 0 aliphatic carbocycles. The highest BCUT2D eigenvalue weighted by Crippen LogP contribution is 2.13. The van der Waals surface area contributed by atoms with Gasteiger partial charge in [-0.15, -0.1) is 0 Å². The van der Waals surface area contributed by atoms with E-state index in [0.29, 0.717) is 6.61 Å². The lowest BCUT2D eigenvalue weighted by Crippen LogP contribution is -3.00. The predicted octanol–water partition coefficient (Wildman–Crippen LogP) is 9.93. The number of ether oxygens (including phenoxy) is 2. The molecule has 0 fully saturated rings. The summed E-state index contributed by atoms with van der Waals surface area (Å²) in [4.78, 5) is 0. The molecule has 1 N–H and O–H groups in total. The number of nitrogens with zero attached hydrogens (tertiary/aromatic N) is 1. The molecule has 0 amide bonds. The first-order valence-electron chi connectivity index (χ1n) is 21.5. The van der Waals surface area contributed by atoms with Crippen LogP contribution in [0.3, 0.4) is 0 Å². The van der Waals surface area contributed by atoms with Gasteiger partial charge in [0.25, 0.3) is 0 Å². The van der Waals surface area contributed by atoms with Crippen LogP contribution in [-0.2, 0) is 9.47 Å². The normalized spacial score (nSPS) is 12.8. The van der Waals surface area contributed by atoms with E-state index in [-0.39, 0.29) is 23.1 Å². The van der Waals surface area contributed by atoms with Gasteiger partial charge in [-0.05, 0) is 83.5 Å². The quantitative estimate of drug-likeness (QED) is 0.0384. The summed E-state index contributed by atoms with van der Waals surface area (Å²) >= 11 is 0. The lowest BCUT2D eigenvalue weighted by molar-refractivity contribution is -0.893. The van der Waals surface area contributed by atoms with Crippen LogP contribution < -0.4 is 17.0 Å². The Bertz CT molecular complexity index is 669. The SMILES string of the molecule is CCCCCCC/C=C/CCCCCCCCOCC(C[N+](C)(C)CCCCCO)OCCCCCCCC/C=C/CCCCCCC.[Br-]. The number of aliphatic hydroxyl groups excluding tert-OH is 1. The molecule has 0 rings (SSSR count). The summed E-state index contributed by atoms with van der Waals surface area (Å²) in [6.07, 6.45) is 47.5. The molecule has 0 heterocycles. The molecule has 0 aromatic rings. The van der Waals surface area contributed by atoms with Crippen molar-refractivity contribution < 1.29 is 36.0 Å². The van der Waals surface area contributed by atoms with Gasteiger partial charge in [0.2, 0.25) is 0 Å². The molecule has 1 unspecified atom stereocenters. The molecule has 0 saturated carbocycles. The van der Waals surface area contributed by atoms with Crippen molar-refractivity contribution in [3.8, 4) is 0 Å². The summed E-state index contributed by atoms with van der Waals surface area (Å²) in [6.45, 7) is 9.43. The number of quaternary nitrogens is 1. The standard InChI is InChI=1S/C44H88NO3.BrH/c1-5-7-9-11-13-15-17-19-21-23-25-27-29-31-36-40-47-43-44(42-45(3,4)38-34-33-35-39-46)48-41-37-32-30-28-26-24-22-20-18-16-14-12-10-8-6-2;/h17-20,44,46H,5-16,21-43H2,1-4H3;1H/q+1;/p-1/b19-17+,20-18+;. The topological polar surface area (TPSA) is 38.7 Å². The van der Waals surface area contributed by atoms with Crippen LogP contribution in [0.5, 0.6) is 0 Å². The van der Waals surface area contributed by atoms with Gasteiger partial charge >= 0.3 is 0 Å². The average Bonchev–Trinajstić information content (AvgIpc) is 3.07. The summed E-state index contributed by atoms with van der Waals surface area (Å²) in [5, 5.41) is 9.14. The summed E-state index contributed by atoms with van der Waals surface area (Å²) in [5.74, 6) is 0. The second kappa shape index (κ2) is 42.2. The zero-order chi connectivity index (χ0) is 35.1. The van der Waals surface area contributed by atoms with Crippen molar-refractivity contribution in [3.05, 3.63) is 24.3 Å². The molecule has 0 bridgehead atoms. The van der Waals surface area contributed by atoms with Crippen LogP contribution in [0.4, 0.5) is 0 Å². The maximum absolute atomic E-state index is 9.14. The molecular weight excluding hydrogens is 670 g/mol. The molecule has 0 aromatic carbocycles. The molecule has 49 heavy (non-hydrogen) atoms. The van der Waals surface area contributed by atoms with Crippen molar-refractivity contribution in [2.24, 2.45) is 0 Å². The Morgan fingerprint density at radius 1 is 0.490 bits per heavy atom. The Hall–Kier alpha value is -0.200. The van der Waals surface area contributed by atoms with E-state index in [9.17, 15) is 0 Å². The van der Waals surface area contributed by atoms with Crippen LogP contribution in [0.2, 0.25) is 0 Å². The molecule has 0 aliphatic heterocycles. The van der Waals surface area contributed by atoms with Gasteiger partial charge in [-0.25, -0.2) is 0 Å². The fraction of sp³-hybridized carbons (Fsp3) is 0.909. The molecule has 1 atom stereocenters. The van der Waals surface area contributed by atoms with Gasteiger partial charge in [-0.1, -0.05) is 141 Å². The van der Waals surface area contributed by atoms with Crippen molar-refractivity contribution in [2.45, 2.75) is 206 Å². The zero-order valence-corrected chi connectivity index (χ0v) is 35.3. The number of rotatable bonds is 40. The third kappa shape index (κ3) is 42.1. The van der Waals surface area contributed by atoms with Crippen LogP contribution in [-0.4, -0.2) is 69.3 Å². The van der Waals surface area contributed by atoms with Gasteiger partial charge in [0.05, 0.1) is 27.2 Å². The van der Waals surface area contributed by atoms with E-state index in [1.807, 2.05) is 0 Å².